The lowest BCUT2D eigenvalue weighted by molar-refractivity contribution is -0.142. The third kappa shape index (κ3) is 4.00. The molecule has 0 aromatic heterocycles. The molecule has 98 valence electrons. The van der Waals surface area contributed by atoms with Gasteiger partial charge in [-0.2, -0.15) is 0 Å². The SMILES string of the molecule is CCC1CCNC(C(=O)N[C@H](CC)C(=O)O)C1. The van der Waals surface area contributed by atoms with Crippen LogP contribution in [0.4, 0.5) is 0 Å². The van der Waals surface area contributed by atoms with E-state index in [0.29, 0.717) is 12.3 Å². The second kappa shape index (κ2) is 6.59. The minimum Gasteiger partial charge on any atom is -0.480 e. The van der Waals surface area contributed by atoms with E-state index in [2.05, 4.69) is 17.6 Å². The Hall–Kier alpha value is -1.10. The van der Waals surface area contributed by atoms with Crippen LogP contribution in [-0.2, 0) is 9.59 Å². The summed E-state index contributed by atoms with van der Waals surface area (Å²) >= 11 is 0. The molecule has 17 heavy (non-hydrogen) atoms. The Bertz CT molecular complexity index is 281. The van der Waals surface area contributed by atoms with E-state index < -0.39 is 12.0 Å². The molecule has 0 aromatic rings. The predicted molar refractivity (Wildman–Crippen MR) is 64.7 cm³/mol. The van der Waals surface area contributed by atoms with Gasteiger partial charge in [0.05, 0.1) is 6.04 Å². The van der Waals surface area contributed by atoms with E-state index in [9.17, 15) is 9.59 Å². The minimum atomic E-state index is -0.969. The number of piperidine rings is 1. The third-order valence-electron chi connectivity index (χ3n) is 3.43. The van der Waals surface area contributed by atoms with E-state index in [-0.39, 0.29) is 11.9 Å². The van der Waals surface area contributed by atoms with Crippen LogP contribution in [0.5, 0.6) is 0 Å². The standard InChI is InChI=1S/C12H22N2O3/c1-3-8-5-6-13-10(7-8)11(15)14-9(4-2)12(16)17/h8-10,13H,3-7H2,1-2H3,(H,14,15)(H,16,17)/t8?,9-,10?/m1/s1. The number of hydrogen-bond donors (Lipinski definition) is 3. The topological polar surface area (TPSA) is 78.4 Å². The van der Waals surface area contributed by atoms with Gasteiger partial charge >= 0.3 is 5.97 Å². The molecular weight excluding hydrogens is 220 g/mol. The quantitative estimate of drug-likeness (QED) is 0.664. The van der Waals surface area contributed by atoms with Gasteiger partial charge in [0, 0.05) is 0 Å². The Morgan fingerprint density at radius 3 is 2.71 bits per heavy atom. The van der Waals surface area contributed by atoms with E-state index in [1.807, 2.05) is 0 Å². The molecule has 1 heterocycles. The van der Waals surface area contributed by atoms with Gasteiger partial charge in [-0.05, 0) is 31.7 Å². The van der Waals surface area contributed by atoms with Crippen molar-refractivity contribution in [3.05, 3.63) is 0 Å². The number of rotatable bonds is 5. The van der Waals surface area contributed by atoms with Crippen LogP contribution in [0, 0.1) is 5.92 Å². The van der Waals surface area contributed by atoms with E-state index in [1.54, 1.807) is 6.92 Å². The molecule has 0 bridgehead atoms. The molecule has 0 aliphatic carbocycles. The number of hydrogen-bond acceptors (Lipinski definition) is 3. The molecule has 1 aliphatic heterocycles. The van der Waals surface area contributed by atoms with E-state index in [4.69, 9.17) is 5.11 Å². The smallest absolute Gasteiger partial charge is 0.326 e. The lowest BCUT2D eigenvalue weighted by atomic mass is 9.90. The number of aliphatic carboxylic acids is 1. The minimum absolute atomic E-state index is 0.183. The molecule has 1 amide bonds. The van der Waals surface area contributed by atoms with Crippen LogP contribution in [0.25, 0.3) is 0 Å². The van der Waals surface area contributed by atoms with Crippen molar-refractivity contribution in [1.29, 1.82) is 0 Å². The van der Waals surface area contributed by atoms with Crippen LogP contribution in [-0.4, -0.2) is 35.6 Å². The fraction of sp³-hybridized carbons (Fsp3) is 0.833. The largest absolute Gasteiger partial charge is 0.480 e. The van der Waals surface area contributed by atoms with Crippen molar-refractivity contribution in [3.63, 3.8) is 0 Å². The van der Waals surface area contributed by atoms with Crippen molar-refractivity contribution in [3.8, 4) is 0 Å². The molecular formula is C12H22N2O3. The van der Waals surface area contributed by atoms with Crippen molar-refractivity contribution in [2.75, 3.05) is 6.54 Å². The zero-order valence-corrected chi connectivity index (χ0v) is 10.5. The monoisotopic (exact) mass is 242 g/mol. The molecule has 1 rings (SSSR count). The van der Waals surface area contributed by atoms with Gasteiger partial charge in [-0.15, -0.1) is 0 Å². The molecule has 2 unspecified atom stereocenters. The molecule has 0 saturated carbocycles. The summed E-state index contributed by atoms with van der Waals surface area (Å²) < 4.78 is 0. The molecule has 0 spiro atoms. The highest BCUT2D eigenvalue weighted by atomic mass is 16.4. The normalized spacial score (nSPS) is 26.2. The predicted octanol–water partition coefficient (Wildman–Crippen LogP) is 0.744. The Labute approximate surface area is 102 Å². The highest BCUT2D eigenvalue weighted by Gasteiger charge is 2.28. The van der Waals surface area contributed by atoms with Gasteiger partial charge < -0.3 is 15.7 Å². The number of carbonyl (C=O) groups is 2. The summed E-state index contributed by atoms with van der Waals surface area (Å²) in [7, 11) is 0. The van der Waals surface area contributed by atoms with Crippen molar-refractivity contribution >= 4 is 11.9 Å². The van der Waals surface area contributed by atoms with E-state index >= 15 is 0 Å². The van der Waals surface area contributed by atoms with Gasteiger partial charge in [0.1, 0.15) is 6.04 Å². The highest BCUT2D eigenvalue weighted by Crippen LogP contribution is 2.19. The molecule has 3 atom stereocenters. The van der Waals surface area contributed by atoms with Gasteiger partial charge in [0.15, 0.2) is 0 Å². The maximum Gasteiger partial charge on any atom is 0.326 e. The first-order valence-corrected chi connectivity index (χ1v) is 6.35. The average molecular weight is 242 g/mol. The van der Waals surface area contributed by atoms with Crippen LogP contribution in [0.1, 0.15) is 39.5 Å². The molecule has 1 saturated heterocycles. The molecule has 0 radical (unpaired) electrons. The first-order chi connectivity index (χ1) is 8.08. The van der Waals surface area contributed by atoms with Crippen LogP contribution in [0.15, 0.2) is 0 Å². The zero-order chi connectivity index (χ0) is 12.8. The molecule has 1 aliphatic rings. The van der Waals surface area contributed by atoms with E-state index in [0.717, 1.165) is 25.8 Å². The molecule has 0 aromatic carbocycles. The lowest BCUT2D eigenvalue weighted by Gasteiger charge is -2.29. The molecule has 1 fully saturated rings. The number of amides is 1. The first-order valence-electron chi connectivity index (χ1n) is 6.35. The highest BCUT2D eigenvalue weighted by molar-refractivity contribution is 5.86. The summed E-state index contributed by atoms with van der Waals surface area (Å²) in [5.74, 6) is -0.585. The van der Waals surface area contributed by atoms with Gasteiger partial charge in [-0.3, -0.25) is 4.79 Å². The average Bonchev–Trinajstić information content (AvgIpc) is 2.35. The van der Waals surface area contributed by atoms with Crippen molar-refractivity contribution in [1.82, 2.24) is 10.6 Å². The zero-order valence-electron chi connectivity index (χ0n) is 10.5. The second-order valence-electron chi connectivity index (χ2n) is 4.61. The molecule has 5 nitrogen and oxygen atoms in total. The van der Waals surface area contributed by atoms with Gasteiger partial charge in [-0.25, -0.2) is 4.79 Å². The van der Waals surface area contributed by atoms with Crippen molar-refractivity contribution in [2.45, 2.75) is 51.6 Å². The maximum absolute atomic E-state index is 11.9. The van der Waals surface area contributed by atoms with Crippen LogP contribution in [0.3, 0.4) is 0 Å². The lowest BCUT2D eigenvalue weighted by Crippen LogP contribution is -2.52. The Morgan fingerprint density at radius 1 is 1.47 bits per heavy atom. The number of carboxylic acids is 1. The number of carboxylic acid groups (broad SMARTS) is 1. The fourth-order valence-corrected chi connectivity index (χ4v) is 2.18. The van der Waals surface area contributed by atoms with Gasteiger partial charge in [0.25, 0.3) is 0 Å². The summed E-state index contributed by atoms with van der Waals surface area (Å²) in [4.78, 5) is 22.7. The summed E-state index contributed by atoms with van der Waals surface area (Å²) in [6.07, 6.45) is 3.38. The van der Waals surface area contributed by atoms with Crippen LogP contribution >= 0.6 is 0 Å². The Balaban J connectivity index is 2.48. The van der Waals surface area contributed by atoms with Gasteiger partial charge in [0.2, 0.25) is 5.91 Å². The van der Waals surface area contributed by atoms with Crippen molar-refractivity contribution < 1.29 is 14.7 Å². The fourth-order valence-electron chi connectivity index (χ4n) is 2.18. The Morgan fingerprint density at radius 2 is 2.18 bits per heavy atom. The second-order valence-corrected chi connectivity index (χ2v) is 4.61. The van der Waals surface area contributed by atoms with Crippen LogP contribution in [0.2, 0.25) is 0 Å². The van der Waals surface area contributed by atoms with Crippen molar-refractivity contribution in [2.24, 2.45) is 5.92 Å². The number of nitrogens with one attached hydrogen (secondary N) is 2. The first kappa shape index (κ1) is 14.0. The van der Waals surface area contributed by atoms with E-state index in [1.165, 1.54) is 0 Å². The number of carbonyl (C=O) groups excluding carboxylic acids is 1. The Kier molecular flexibility index (Phi) is 5.41. The summed E-state index contributed by atoms with van der Waals surface area (Å²) in [5.41, 5.74) is 0. The molecule has 3 N–H and O–H groups in total. The third-order valence-corrected chi connectivity index (χ3v) is 3.43. The van der Waals surface area contributed by atoms with Crippen LogP contribution < -0.4 is 10.6 Å². The summed E-state index contributed by atoms with van der Waals surface area (Å²) in [6.45, 7) is 4.71. The maximum atomic E-state index is 11.9. The molecule has 5 heteroatoms. The summed E-state index contributed by atoms with van der Waals surface area (Å²) in [6, 6.07) is -1.01. The van der Waals surface area contributed by atoms with Gasteiger partial charge in [-0.1, -0.05) is 20.3 Å². The summed E-state index contributed by atoms with van der Waals surface area (Å²) in [5, 5.41) is 14.6.